The van der Waals surface area contributed by atoms with Crippen LogP contribution in [0.5, 0.6) is 0 Å². The first kappa shape index (κ1) is 63.2. The zero-order valence-electron chi connectivity index (χ0n) is 46.2. The maximum absolute atomic E-state index is 13.7. The molecule has 1 aliphatic heterocycles. The maximum atomic E-state index is 13.7. The lowest BCUT2D eigenvalue weighted by Gasteiger charge is -2.25. The molecule has 0 aromatic heterocycles. The number of guanidine groups is 2. The van der Waals surface area contributed by atoms with Crippen LogP contribution in [0.3, 0.4) is 0 Å². The standard InChI is InChI=1S/C53H89N13O6S2/c1-14-21-53(64-65-53)32-66(26-17-24-58-49(67)45(54)19-15-22-60-51(56)62-73(69,70)47-41(35(6)7)28-39(33(2)3)29-42(47)36(8)9)27-18-25-59-50(68)46(55)20-16-23-61-52(57)63-74(71,72)48-43(37(10)11)30-40(34(4)5)31-44(48)38(12)13/h1,28-31,33-38,45-46H,15-27,32,54-55H2,2-13H3,(H,58,67)(H,59,68)(H3,56,60,62)(H3,57,61,63). The van der Waals surface area contributed by atoms with E-state index in [9.17, 15) is 26.4 Å². The first-order valence-corrected chi connectivity index (χ1v) is 29.2. The zero-order valence-corrected chi connectivity index (χ0v) is 47.8. The minimum atomic E-state index is -4.04. The van der Waals surface area contributed by atoms with E-state index >= 15 is 0 Å². The molecule has 0 bridgehead atoms. The Morgan fingerprint density at radius 3 is 1.23 bits per heavy atom. The van der Waals surface area contributed by atoms with Crippen molar-refractivity contribution in [1.82, 2.24) is 25.0 Å². The van der Waals surface area contributed by atoms with Crippen LogP contribution in [0.2, 0.25) is 0 Å². The van der Waals surface area contributed by atoms with Gasteiger partial charge in [-0.2, -0.15) is 10.2 Å². The average molecular weight is 1070 g/mol. The Morgan fingerprint density at radius 2 is 0.946 bits per heavy atom. The lowest BCUT2D eigenvalue weighted by Crippen LogP contribution is -2.43. The summed E-state index contributed by atoms with van der Waals surface area (Å²) in [5.74, 6) is 1.82. The van der Waals surface area contributed by atoms with Gasteiger partial charge in [-0.15, -0.1) is 12.3 Å². The molecule has 2 aromatic rings. The van der Waals surface area contributed by atoms with E-state index in [0.29, 0.717) is 77.7 Å². The number of hydrogen-bond acceptors (Lipinski definition) is 13. The highest BCUT2D eigenvalue weighted by Crippen LogP contribution is 2.37. The fraction of sp³-hybridized carbons (Fsp3) is 0.660. The van der Waals surface area contributed by atoms with Crippen LogP contribution in [0.25, 0.3) is 0 Å². The minimum Gasteiger partial charge on any atom is -0.369 e. The molecule has 414 valence electrons. The first-order chi connectivity index (χ1) is 34.6. The SMILES string of the molecule is C#CCC1(CN(CCCNC(=O)C(N)CCCN=C(N)NS(=O)(=O)c2c(C(C)C)cc(C(C)C)cc2C(C)C)CCCNC(=O)C(N)CCCN=C(N)NS(=O)(=O)c2c(C(C)C)cc(C(C)C)cc2C(C)C)N=N1. The van der Waals surface area contributed by atoms with Crippen LogP contribution in [-0.2, 0) is 29.6 Å². The molecular formula is C53H89N13O6S2. The Morgan fingerprint density at radius 1 is 0.608 bits per heavy atom. The van der Waals surface area contributed by atoms with Gasteiger partial charge in [-0.05, 0) is 121 Å². The third kappa shape index (κ3) is 19.2. The van der Waals surface area contributed by atoms with Gasteiger partial charge in [0, 0.05) is 32.7 Å². The molecule has 1 heterocycles. The van der Waals surface area contributed by atoms with Crippen molar-refractivity contribution in [3.8, 4) is 12.3 Å². The molecule has 2 atom stereocenters. The van der Waals surface area contributed by atoms with Crippen LogP contribution < -0.4 is 43.0 Å². The number of benzene rings is 2. The molecule has 2 amide bonds. The largest absolute Gasteiger partial charge is 0.369 e. The Bertz CT molecular complexity index is 2350. The Kier molecular flexibility index (Phi) is 24.5. The van der Waals surface area contributed by atoms with Gasteiger partial charge in [0.2, 0.25) is 29.4 Å². The number of aliphatic imine (C=N–C) groups is 2. The van der Waals surface area contributed by atoms with Crippen LogP contribution in [0.4, 0.5) is 0 Å². The number of nitrogens with one attached hydrogen (secondary N) is 4. The highest BCUT2D eigenvalue weighted by molar-refractivity contribution is 7.90. The summed E-state index contributed by atoms with van der Waals surface area (Å²) in [4.78, 5) is 36.9. The topological polar surface area (TPSA) is 307 Å². The summed E-state index contributed by atoms with van der Waals surface area (Å²) in [7, 11) is -8.09. The van der Waals surface area contributed by atoms with Crippen LogP contribution in [0.15, 0.2) is 54.3 Å². The lowest BCUT2D eigenvalue weighted by atomic mass is 9.89. The van der Waals surface area contributed by atoms with E-state index in [1.807, 2.05) is 79.7 Å². The van der Waals surface area contributed by atoms with Gasteiger partial charge in [-0.3, -0.25) is 24.5 Å². The highest BCUT2D eigenvalue weighted by Gasteiger charge is 2.41. The van der Waals surface area contributed by atoms with Crippen molar-refractivity contribution in [2.24, 2.45) is 43.1 Å². The van der Waals surface area contributed by atoms with Crippen LogP contribution in [0.1, 0.15) is 197 Å². The van der Waals surface area contributed by atoms with Crippen LogP contribution in [0, 0.1) is 12.3 Å². The fourth-order valence-electron chi connectivity index (χ4n) is 8.47. The highest BCUT2D eigenvalue weighted by atomic mass is 32.2. The monoisotopic (exact) mass is 1070 g/mol. The van der Waals surface area contributed by atoms with Gasteiger partial charge in [0.15, 0.2) is 0 Å². The molecule has 12 N–H and O–H groups in total. The first-order valence-electron chi connectivity index (χ1n) is 26.2. The van der Waals surface area contributed by atoms with Crippen molar-refractivity contribution in [2.45, 2.75) is 191 Å². The van der Waals surface area contributed by atoms with Gasteiger partial charge in [-0.1, -0.05) is 107 Å². The van der Waals surface area contributed by atoms with Crippen molar-refractivity contribution in [1.29, 1.82) is 0 Å². The molecule has 0 fully saturated rings. The third-order valence-corrected chi connectivity index (χ3v) is 15.9. The second-order valence-electron chi connectivity index (χ2n) is 21.4. The number of carbonyl (C=O) groups is 2. The van der Waals surface area contributed by atoms with E-state index in [2.05, 4.69) is 78.8 Å². The predicted molar refractivity (Wildman–Crippen MR) is 298 cm³/mol. The lowest BCUT2D eigenvalue weighted by molar-refractivity contribution is -0.123. The molecule has 1 aliphatic rings. The van der Waals surface area contributed by atoms with Crippen molar-refractivity contribution in [3.63, 3.8) is 0 Å². The number of nitrogens with two attached hydrogens (primary N) is 4. The number of nitrogens with zero attached hydrogens (tertiary/aromatic N) is 5. The Balaban J connectivity index is 1.45. The van der Waals surface area contributed by atoms with E-state index in [1.165, 1.54) is 0 Å². The Labute approximate surface area is 443 Å². The molecule has 0 saturated carbocycles. The molecule has 2 unspecified atom stereocenters. The van der Waals surface area contributed by atoms with E-state index in [4.69, 9.17) is 29.4 Å². The molecule has 3 rings (SSSR count). The minimum absolute atomic E-state index is 0.0432. The number of hydrogen-bond donors (Lipinski definition) is 8. The van der Waals surface area contributed by atoms with E-state index in [0.717, 1.165) is 33.4 Å². The van der Waals surface area contributed by atoms with E-state index in [-0.39, 0.29) is 82.1 Å². The molecule has 19 nitrogen and oxygen atoms in total. The molecule has 0 aliphatic carbocycles. The molecule has 2 aromatic carbocycles. The fourth-order valence-corrected chi connectivity index (χ4v) is 11.8. The van der Waals surface area contributed by atoms with Crippen LogP contribution >= 0.6 is 0 Å². The van der Waals surface area contributed by atoms with Crippen LogP contribution in [-0.4, -0.2) is 109 Å². The maximum Gasteiger partial charge on any atom is 0.264 e. The van der Waals surface area contributed by atoms with Crippen molar-refractivity contribution in [2.75, 3.05) is 45.8 Å². The number of carbonyl (C=O) groups excluding carboxylic acids is 2. The van der Waals surface area contributed by atoms with Gasteiger partial charge in [0.25, 0.3) is 20.0 Å². The summed E-state index contributed by atoms with van der Waals surface area (Å²) in [5.41, 5.74) is 29.0. The molecule has 0 spiro atoms. The summed E-state index contributed by atoms with van der Waals surface area (Å²) >= 11 is 0. The average Bonchev–Trinajstić information content (AvgIpc) is 4.08. The molecule has 0 radical (unpaired) electrons. The van der Waals surface area contributed by atoms with Crippen molar-refractivity contribution >= 4 is 43.8 Å². The van der Waals surface area contributed by atoms with Gasteiger partial charge in [-0.25, -0.2) is 26.3 Å². The summed E-state index contributed by atoms with van der Waals surface area (Å²) < 4.78 is 59.9. The second-order valence-corrected chi connectivity index (χ2v) is 24.6. The normalized spacial score (nSPS) is 14.9. The van der Waals surface area contributed by atoms with E-state index in [1.54, 1.807) is 0 Å². The van der Waals surface area contributed by atoms with Gasteiger partial charge < -0.3 is 33.6 Å². The van der Waals surface area contributed by atoms with Gasteiger partial charge in [0.1, 0.15) is 0 Å². The Hall–Kier alpha value is -5.14. The summed E-state index contributed by atoms with van der Waals surface area (Å²) in [5, 5.41) is 14.2. The van der Waals surface area contributed by atoms with Crippen molar-refractivity contribution in [3.05, 3.63) is 57.6 Å². The molecular weight excluding hydrogens is 979 g/mol. The smallest absolute Gasteiger partial charge is 0.264 e. The third-order valence-electron chi connectivity index (χ3n) is 12.9. The van der Waals surface area contributed by atoms with Gasteiger partial charge >= 0.3 is 0 Å². The molecule has 21 heteroatoms. The summed E-state index contributed by atoms with van der Waals surface area (Å²) in [6.07, 6.45) is 8.56. The number of terminal acetylenes is 1. The number of amides is 2. The van der Waals surface area contributed by atoms with E-state index < -0.39 is 37.8 Å². The van der Waals surface area contributed by atoms with Crippen molar-refractivity contribution < 1.29 is 26.4 Å². The number of sulfonamides is 2. The molecule has 74 heavy (non-hydrogen) atoms. The summed E-state index contributed by atoms with van der Waals surface area (Å²) in [6.45, 7) is 26.8. The summed E-state index contributed by atoms with van der Waals surface area (Å²) in [6, 6.07) is 6.23. The second kappa shape index (κ2) is 28.7. The van der Waals surface area contributed by atoms with Gasteiger partial charge in [0.05, 0.1) is 28.3 Å². The molecule has 0 saturated heterocycles. The quantitative estimate of drug-likeness (QED) is 0.0187. The zero-order chi connectivity index (χ0) is 55.7. The number of rotatable bonds is 31. The predicted octanol–water partition coefficient (Wildman–Crippen LogP) is 6.03.